The molecule has 2 aromatic heterocycles. The number of pyridine rings is 1. The predicted molar refractivity (Wildman–Crippen MR) is 55.0 cm³/mol. The second kappa shape index (κ2) is 3.96. The van der Waals surface area contributed by atoms with Crippen molar-refractivity contribution >= 4 is 5.69 Å². The summed E-state index contributed by atoms with van der Waals surface area (Å²) in [7, 11) is 0. The molecule has 0 radical (unpaired) electrons. The summed E-state index contributed by atoms with van der Waals surface area (Å²) < 4.78 is 5.20. The van der Waals surface area contributed by atoms with Crippen LogP contribution in [-0.4, -0.2) is 4.98 Å². The molecule has 0 unspecified atom stereocenters. The van der Waals surface area contributed by atoms with Gasteiger partial charge in [-0.1, -0.05) is 0 Å². The standard InChI is InChI=1S/C11H12N2O/c1-9-4-5-10(7-12-9)13-8-11-3-2-6-14-11/h2-7,13H,8H2,1H3. The zero-order valence-electron chi connectivity index (χ0n) is 8.03. The van der Waals surface area contributed by atoms with Crippen molar-refractivity contribution < 1.29 is 4.42 Å². The first kappa shape index (κ1) is 8.81. The van der Waals surface area contributed by atoms with Crippen molar-refractivity contribution in [2.24, 2.45) is 0 Å². The quantitative estimate of drug-likeness (QED) is 0.804. The molecule has 0 aliphatic carbocycles. The van der Waals surface area contributed by atoms with Crippen LogP contribution >= 0.6 is 0 Å². The van der Waals surface area contributed by atoms with Crippen LogP contribution in [0.4, 0.5) is 5.69 Å². The van der Waals surface area contributed by atoms with Crippen molar-refractivity contribution in [2.75, 3.05) is 5.32 Å². The molecule has 0 aliphatic rings. The van der Waals surface area contributed by atoms with Gasteiger partial charge >= 0.3 is 0 Å². The number of aryl methyl sites for hydroxylation is 1. The lowest BCUT2D eigenvalue weighted by Gasteiger charge is -2.03. The molecular weight excluding hydrogens is 176 g/mol. The molecule has 0 bridgehead atoms. The first-order valence-corrected chi connectivity index (χ1v) is 4.53. The first-order chi connectivity index (χ1) is 6.84. The Morgan fingerprint density at radius 2 is 2.29 bits per heavy atom. The van der Waals surface area contributed by atoms with Crippen molar-refractivity contribution in [3.05, 3.63) is 48.2 Å². The third-order valence-corrected chi connectivity index (χ3v) is 1.96. The second-order valence-corrected chi connectivity index (χ2v) is 3.12. The van der Waals surface area contributed by atoms with Crippen LogP contribution in [-0.2, 0) is 6.54 Å². The number of aromatic nitrogens is 1. The van der Waals surface area contributed by atoms with Crippen LogP contribution < -0.4 is 5.32 Å². The molecule has 3 heteroatoms. The summed E-state index contributed by atoms with van der Waals surface area (Å²) in [6, 6.07) is 7.80. The van der Waals surface area contributed by atoms with Gasteiger partial charge in [0.05, 0.1) is 24.7 Å². The van der Waals surface area contributed by atoms with Crippen molar-refractivity contribution in [1.82, 2.24) is 4.98 Å². The number of nitrogens with one attached hydrogen (secondary N) is 1. The molecule has 0 spiro atoms. The number of rotatable bonds is 3. The molecule has 2 aromatic rings. The largest absolute Gasteiger partial charge is 0.467 e. The van der Waals surface area contributed by atoms with Gasteiger partial charge in [-0.05, 0) is 31.2 Å². The van der Waals surface area contributed by atoms with Gasteiger partial charge in [-0.15, -0.1) is 0 Å². The fraction of sp³-hybridized carbons (Fsp3) is 0.182. The van der Waals surface area contributed by atoms with Crippen molar-refractivity contribution in [1.29, 1.82) is 0 Å². The van der Waals surface area contributed by atoms with E-state index < -0.39 is 0 Å². The van der Waals surface area contributed by atoms with Gasteiger partial charge in [-0.25, -0.2) is 0 Å². The van der Waals surface area contributed by atoms with Gasteiger partial charge in [0.15, 0.2) is 0 Å². The highest BCUT2D eigenvalue weighted by molar-refractivity contribution is 5.40. The minimum Gasteiger partial charge on any atom is -0.467 e. The maximum Gasteiger partial charge on any atom is 0.122 e. The Labute approximate surface area is 82.8 Å². The molecule has 0 aliphatic heterocycles. The fourth-order valence-corrected chi connectivity index (χ4v) is 1.17. The molecule has 0 amide bonds. The molecule has 2 heterocycles. The van der Waals surface area contributed by atoms with E-state index in [0.717, 1.165) is 17.1 Å². The fourth-order valence-electron chi connectivity index (χ4n) is 1.17. The Morgan fingerprint density at radius 3 is 2.93 bits per heavy atom. The van der Waals surface area contributed by atoms with Gasteiger partial charge in [0.2, 0.25) is 0 Å². The van der Waals surface area contributed by atoms with Crippen LogP contribution in [0.1, 0.15) is 11.5 Å². The molecule has 0 atom stereocenters. The van der Waals surface area contributed by atoms with E-state index in [-0.39, 0.29) is 0 Å². The monoisotopic (exact) mass is 188 g/mol. The van der Waals surface area contributed by atoms with Gasteiger partial charge in [0.1, 0.15) is 5.76 Å². The van der Waals surface area contributed by atoms with E-state index in [4.69, 9.17) is 4.42 Å². The highest BCUT2D eigenvalue weighted by Gasteiger charge is 1.95. The average molecular weight is 188 g/mol. The van der Waals surface area contributed by atoms with Gasteiger partial charge in [-0.3, -0.25) is 4.98 Å². The number of anilines is 1. The summed E-state index contributed by atoms with van der Waals surface area (Å²) >= 11 is 0. The van der Waals surface area contributed by atoms with Crippen LogP contribution in [0, 0.1) is 6.92 Å². The van der Waals surface area contributed by atoms with Crippen LogP contribution in [0.2, 0.25) is 0 Å². The zero-order valence-corrected chi connectivity index (χ0v) is 8.03. The maximum absolute atomic E-state index is 5.20. The molecule has 1 N–H and O–H groups in total. The van der Waals surface area contributed by atoms with Crippen LogP contribution in [0.15, 0.2) is 41.1 Å². The summed E-state index contributed by atoms with van der Waals surface area (Å²) in [5.41, 5.74) is 2.03. The Hall–Kier alpha value is -1.77. The molecule has 0 saturated carbocycles. The van der Waals surface area contributed by atoms with E-state index in [1.54, 1.807) is 6.26 Å². The minimum absolute atomic E-state index is 0.692. The lowest BCUT2D eigenvalue weighted by atomic mass is 10.3. The van der Waals surface area contributed by atoms with E-state index in [0.29, 0.717) is 6.54 Å². The smallest absolute Gasteiger partial charge is 0.122 e. The van der Waals surface area contributed by atoms with Crippen molar-refractivity contribution in [3.63, 3.8) is 0 Å². The van der Waals surface area contributed by atoms with E-state index in [1.165, 1.54) is 0 Å². The lowest BCUT2D eigenvalue weighted by Crippen LogP contribution is -1.98. The highest BCUT2D eigenvalue weighted by Crippen LogP contribution is 2.08. The Balaban J connectivity index is 1.95. The summed E-state index contributed by atoms with van der Waals surface area (Å²) in [4.78, 5) is 4.19. The summed E-state index contributed by atoms with van der Waals surface area (Å²) in [5, 5.41) is 3.22. The molecule has 0 fully saturated rings. The van der Waals surface area contributed by atoms with Gasteiger partial charge in [0, 0.05) is 5.69 Å². The van der Waals surface area contributed by atoms with Gasteiger partial charge < -0.3 is 9.73 Å². The van der Waals surface area contributed by atoms with Crippen LogP contribution in [0.25, 0.3) is 0 Å². The zero-order chi connectivity index (χ0) is 9.80. The molecular formula is C11H12N2O. The summed E-state index contributed by atoms with van der Waals surface area (Å²) in [5.74, 6) is 0.922. The molecule has 3 nitrogen and oxygen atoms in total. The Morgan fingerprint density at radius 1 is 1.36 bits per heavy atom. The highest BCUT2D eigenvalue weighted by atomic mass is 16.3. The van der Waals surface area contributed by atoms with Gasteiger partial charge in [0.25, 0.3) is 0 Å². The summed E-state index contributed by atoms with van der Waals surface area (Å²) in [6.07, 6.45) is 3.49. The minimum atomic E-state index is 0.692. The molecule has 72 valence electrons. The number of nitrogens with zero attached hydrogens (tertiary/aromatic N) is 1. The van der Waals surface area contributed by atoms with E-state index in [9.17, 15) is 0 Å². The molecule has 14 heavy (non-hydrogen) atoms. The number of hydrogen-bond donors (Lipinski definition) is 1. The molecule has 2 rings (SSSR count). The normalized spacial score (nSPS) is 10.1. The first-order valence-electron chi connectivity index (χ1n) is 4.53. The number of furan rings is 1. The van der Waals surface area contributed by atoms with Crippen molar-refractivity contribution in [3.8, 4) is 0 Å². The number of hydrogen-bond acceptors (Lipinski definition) is 3. The van der Waals surface area contributed by atoms with E-state index in [1.807, 2.05) is 37.4 Å². The Kier molecular flexibility index (Phi) is 2.49. The second-order valence-electron chi connectivity index (χ2n) is 3.12. The summed E-state index contributed by atoms with van der Waals surface area (Å²) in [6.45, 7) is 2.66. The SMILES string of the molecule is Cc1ccc(NCc2ccco2)cn1. The topological polar surface area (TPSA) is 38.1 Å². The third kappa shape index (κ3) is 2.13. The van der Waals surface area contributed by atoms with E-state index in [2.05, 4.69) is 10.3 Å². The van der Waals surface area contributed by atoms with Crippen LogP contribution in [0.5, 0.6) is 0 Å². The third-order valence-electron chi connectivity index (χ3n) is 1.96. The van der Waals surface area contributed by atoms with Gasteiger partial charge in [-0.2, -0.15) is 0 Å². The van der Waals surface area contributed by atoms with Crippen molar-refractivity contribution in [2.45, 2.75) is 13.5 Å². The predicted octanol–water partition coefficient (Wildman–Crippen LogP) is 2.60. The Bertz CT molecular complexity index is 378. The van der Waals surface area contributed by atoms with Crippen LogP contribution in [0.3, 0.4) is 0 Å². The lowest BCUT2D eigenvalue weighted by molar-refractivity contribution is 0.518. The molecule has 0 aromatic carbocycles. The molecule has 0 saturated heterocycles. The average Bonchev–Trinajstić information content (AvgIpc) is 2.70. The maximum atomic E-state index is 5.20. The van der Waals surface area contributed by atoms with E-state index >= 15 is 0 Å².